The van der Waals surface area contributed by atoms with E-state index < -0.39 is 17.9 Å². The molecule has 8 fully saturated rings. The van der Waals surface area contributed by atoms with E-state index in [1.807, 2.05) is 0 Å². The molecule has 0 saturated heterocycles. The summed E-state index contributed by atoms with van der Waals surface area (Å²) in [6.07, 6.45) is 15.8. The first kappa shape index (κ1) is 19.6. The maximum absolute atomic E-state index is 12.4. The third-order valence-corrected chi connectivity index (χ3v) is 10.6. The summed E-state index contributed by atoms with van der Waals surface area (Å²) in [7, 11) is 0. The number of ether oxygens (including phenoxy) is 2. The van der Waals surface area contributed by atoms with Gasteiger partial charge in [0.05, 0.1) is 13.2 Å². The molecule has 0 aliphatic heterocycles. The van der Waals surface area contributed by atoms with Crippen molar-refractivity contribution >= 4 is 11.9 Å². The molecule has 166 valence electrons. The van der Waals surface area contributed by atoms with Gasteiger partial charge in [-0.05, 0) is 130 Å². The molecular weight excluding hydrogens is 376 g/mol. The monoisotopic (exact) mass is 414 g/mol. The van der Waals surface area contributed by atoms with E-state index in [1.165, 1.54) is 64.2 Å². The third-order valence-electron chi connectivity index (χ3n) is 10.6. The Hall–Kier alpha value is -1.06. The van der Waals surface area contributed by atoms with Crippen LogP contribution in [-0.4, -0.2) is 25.2 Å². The molecule has 0 amide bonds. The summed E-state index contributed by atoms with van der Waals surface area (Å²) in [5.74, 6) is 3.94. The maximum atomic E-state index is 12.4. The Morgan fingerprint density at radius 2 is 1.33 bits per heavy atom. The van der Waals surface area contributed by atoms with Crippen molar-refractivity contribution in [1.29, 1.82) is 0 Å². The first-order valence-corrected chi connectivity index (χ1v) is 12.8. The van der Waals surface area contributed by atoms with Crippen molar-refractivity contribution in [3.8, 4) is 0 Å². The fourth-order valence-electron chi connectivity index (χ4n) is 9.73. The van der Waals surface area contributed by atoms with E-state index in [2.05, 4.69) is 0 Å². The summed E-state index contributed by atoms with van der Waals surface area (Å²) in [5.41, 5.74) is 0.871. The van der Waals surface area contributed by atoms with Crippen molar-refractivity contribution in [2.75, 3.05) is 13.2 Å². The Balaban J connectivity index is 0.934. The highest BCUT2D eigenvalue weighted by molar-refractivity contribution is 5.94. The van der Waals surface area contributed by atoms with Crippen molar-refractivity contribution in [3.63, 3.8) is 0 Å². The summed E-state index contributed by atoms with van der Waals surface area (Å²) < 4.78 is 11.1. The topological polar surface area (TPSA) is 52.6 Å². The van der Waals surface area contributed by atoms with E-state index in [4.69, 9.17) is 9.47 Å². The molecule has 8 aliphatic rings. The minimum atomic E-state index is -0.799. The van der Waals surface area contributed by atoms with Crippen LogP contribution in [0.5, 0.6) is 0 Å². The highest BCUT2D eigenvalue weighted by Gasteiger charge is 2.57. The molecule has 8 aliphatic carbocycles. The maximum Gasteiger partial charge on any atom is 0.320 e. The lowest BCUT2D eigenvalue weighted by molar-refractivity contribution is -0.162. The summed E-state index contributed by atoms with van der Waals surface area (Å²) >= 11 is 0. The fraction of sp³-hybridized carbons (Fsp3) is 0.923. The van der Waals surface area contributed by atoms with Crippen molar-refractivity contribution in [2.24, 2.45) is 52.3 Å². The van der Waals surface area contributed by atoms with Crippen molar-refractivity contribution in [2.45, 2.75) is 84.0 Å². The smallest absolute Gasteiger partial charge is 0.320 e. The zero-order valence-electron chi connectivity index (χ0n) is 18.6. The van der Waals surface area contributed by atoms with Crippen LogP contribution in [0.3, 0.4) is 0 Å². The van der Waals surface area contributed by atoms with Gasteiger partial charge in [-0.15, -0.1) is 0 Å². The molecule has 8 saturated carbocycles. The minimum absolute atomic E-state index is 0.396. The molecule has 4 heteroatoms. The zero-order chi connectivity index (χ0) is 20.5. The molecule has 8 bridgehead atoms. The van der Waals surface area contributed by atoms with E-state index in [0.717, 1.165) is 48.3 Å². The van der Waals surface area contributed by atoms with Crippen molar-refractivity contribution < 1.29 is 19.1 Å². The molecule has 0 aromatic heterocycles. The van der Waals surface area contributed by atoms with Crippen LogP contribution < -0.4 is 0 Å². The summed E-state index contributed by atoms with van der Waals surface area (Å²) in [6, 6.07) is 0. The number of carbonyl (C=O) groups excluding carboxylic acids is 2. The Morgan fingerprint density at radius 1 is 0.767 bits per heavy atom. The zero-order valence-corrected chi connectivity index (χ0v) is 18.6. The van der Waals surface area contributed by atoms with Crippen LogP contribution in [0.4, 0.5) is 0 Å². The lowest BCUT2D eigenvalue weighted by Crippen LogP contribution is -2.31. The quantitative estimate of drug-likeness (QED) is 0.407. The normalized spacial score (nSPS) is 47.8. The molecular formula is C26H38O4. The van der Waals surface area contributed by atoms with Crippen molar-refractivity contribution in [3.05, 3.63) is 0 Å². The van der Waals surface area contributed by atoms with Crippen LogP contribution >= 0.6 is 0 Å². The Bertz CT molecular complexity index is 695. The molecule has 4 nitrogen and oxygen atoms in total. The number of rotatable bonds is 8. The van der Waals surface area contributed by atoms with Gasteiger partial charge >= 0.3 is 11.9 Å². The molecule has 5 unspecified atom stereocenters. The van der Waals surface area contributed by atoms with Crippen LogP contribution in [0, 0.1) is 52.3 Å². The van der Waals surface area contributed by atoms with Gasteiger partial charge in [0.15, 0.2) is 5.92 Å². The number of carbonyl (C=O) groups is 2. The summed E-state index contributed by atoms with van der Waals surface area (Å²) in [4.78, 5) is 24.9. The third kappa shape index (κ3) is 3.14. The predicted octanol–water partition coefficient (Wildman–Crippen LogP) is 5.14. The van der Waals surface area contributed by atoms with Crippen LogP contribution in [0.25, 0.3) is 0 Å². The van der Waals surface area contributed by atoms with Gasteiger partial charge in [-0.1, -0.05) is 0 Å². The Kier molecular flexibility index (Phi) is 4.56. The molecule has 0 N–H and O–H groups in total. The summed E-state index contributed by atoms with van der Waals surface area (Å²) in [6.45, 7) is 2.58. The second kappa shape index (κ2) is 6.97. The highest BCUT2D eigenvalue weighted by Crippen LogP contribution is 2.67. The average molecular weight is 415 g/mol. The number of esters is 2. The van der Waals surface area contributed by atoms with E-state index >= 15 is 0 Å². The molecule has 0 aromatic carbocycles. The average Bonchev–Trinajstić information content (AvgIpc) is 3.30. The van der Waals surface area contributed by atoms with Gasteiger partial charge in [0.2, 0.25) is 0 Å². The van der Waals surface area contributed by atoms with Gasteiger partial charge in [0, 0.05) is 0 Å². The van der Waals surface area contributed by atoms with E-state index in [0.29, 0.717) is 24.0 Å². The fourth-order valence-corrected chi connectivity index (χ4v) is 9.73. The number of hydrogen-bond acceptors (Lipinski definition) is 4. The van der Waals surface area contributed by atoms with Crippen LogP contribution in [0.15, 0.2) is 0 Å². The van der Waals surface area contributed by atoms with Gasteiger partial charge < -0.3 is 9.47 Å². The standard InChI is InChI=1S/C26H38O4/c1-16(23(27)29-4-2-25-11-19-7-20(14-25)21(8-19)15-25)24(28)30-5-3-26-12-17-6-18(13-26)10-22(26)9-17/h16-22H,2-15H2,1H3. The minimum Gasteiger partial charge on any atom is -0.465 e. The van der Waals surface area contributed by atoms with Crippen LogP contribution in [0.1, 0.15) is 84.0 Å². The van der Waals surface area contributed by atoms with Gasteiger partial charge in [0.25, 0.3) is 0 Å². The lowest BCUT2D eigenvalue weighted by Gasteiger charge is -2.38. The molecule has 0 aromatic rings. The van der Waals surface area contributed by atoms with Gasteiger partial charge in [-0.25, -0.2) is 0 Å². The lowest BCUT2D eigenvalue weighted by atomic mass is 9.68. The Morgan fingerprint density at radius 3 is 1.93 bits per heavy atom. The SMILES string of the molecule is CC(C(=O)OCCC12CC3CC(C1)C(C3)C2)C(=O)OCCC12CC3CC(CC1C3)C2. The predicted molar refractivity (Wildman–Crippen MR) is 112 cm³/mol. The molecule has 5 atom stereocenters. The van der Waals surface area contributed by atoms with Gasteiger partial charge in [-0.3, -0.25) is 9.59 Å². The van der Waals surface area contributed by atoms with Crippen molar-refractivity contribution in [1.82, 2.24) is 0 Å². The Labute approximate surface area is 180 Å². The van der Waals surface area contributed by atoms with E-state index in [1.54, 1.807) is 6.92 Å². The van der Waals surface area contributed by atoms with E-state index in [-0.39, 0.29) is 0 Å². The first-order chi connectivity index (χ1) is 14.4. The highest BCUT2D eigenvalue weighted by atomic mass is 16.6. The van der Waals surface area contributed by atoms with Crippen LogP contribution in [-0.2, 0) is 19.1 Å². The number of hydrogen-bond donors (Lipinski definition) is 0. The summed E-state index contributed by atoms with van der Waals surface area (Å²) in [5, 5.41) is 0. The van der Waals surface area contributed by atoms with Crippen LogP contribution in [0.2, 0.25) is 0 Å². The first-order valence-electron chi connectivity index (χ1n) is 12.8. The largest absolute Gasteiger partial charge is 0.465 e. The van der Waals surface area contributed by atoms with E-state index in [9.17, 15) is 9.59 Å². The molecule has 0 radical (unpaired) electrons. The van der Waals surface area contributed by atoms with Gasteiger partial charge in [-0.2, -0.15) is 0 Å². The molecule has 0 spiro atoms. The molecule has 30 heavy (non-hydrogen) atoms. The molecule has 8 rings (SSSR count). The second-order valence-corrected chi connectivity index (χ2v) is 12.4. The van der Waals surface area contributed by atoms with Gasteiger partial charge in [0.1, 0.15) is 0 Å². The second-order valence-electron chi connectivity index (χ2n) is 12.4. The molecule has 0 heterocycles.